The van der Waals surface area contributed by atoms with Gasteiger partial charge >= 0.3 is 0 Å². The molecule has 0 spiro atoms. The predicted octanol–water partition coefficient (Wildman–Crippen LogP) is 3.34. The van der Waals surface area contributed by atoms with Crippen molar-refractivity contribution < 1.29 is 17.2 Å². The zero-order chi connectivity index (χ0) is 17.0. The summed E-state index contributed by atoms with van der Waals surface area (Å²) in [6.45, 7) is 1.67. The lowest BCUT2D eigenvalue weighted by Gasteiger charge is -2.26. The normalized spacial score (nSPS) is 13.7. The lowest BCUT2D eigenvalue weighted by atomic mass is 10.1. The van der Waals surface area contributed by atoms with E-state index in [9.17, 15) is 17.2 Å². The number of benzene rings is 1. The molecule has 23 heavy (non-hydrogen) atoms. The first-order valence-corrected chi connectivity index (χ1v) is 9.30. The van der Waals surface area contributed by atoms with Gasteiger partial charge in [-0.1, -0.05) is 30.3 Å². The van der Waals surface area contributed by atoms with Crippen LogP contribution in [0.3, 0.4) is 0 Å². The van der Waals surface area contributed by atoms with Gasteiger partial charge in [-0.05, 0) is 25.3 Å². The van der Waals surface area contributed by atoms with Crippen LogP contribution in [0.5, 0.6) is 0 Å². The molecule has 0 aliphatic heterocycles. The Morgan fingerprint density at radius 2 is 1.91 bits per heavy atom. The van der Waals surface area contributed by atoms with Crippen molar-refractivity contribution in [1.82, 2.24) is 9.29 Å². The average Bonchev–Trinajstić information content (AvgIpc) is 2.95. The molecule has 1 atom stereocenters. The van der Waals surface area contributed by atoms with Gasteiger partial charge < -0.3 is 0 Å². The highest BCUT2D eigenvalue weighted by molar-refractivity contribution is 7.91. The van der Waals surface area contributed by atoms with Gasteiger partial charge in [-0.25, -0.2) is 22.2 Å². The maximum atomic E-state index is 13.4. The van der Waals surface area contributed by atoms with E-state index < -0.39 is 22.5 Å². The fourth-order valence-electron chi connectivity index (χ4n) is 2.21. The lowest BCUT2D eigenvalue weighted by Crippen LogP contribution is -2.41. The highest BCUT2D eigenvalue weighted by Crippen LogP contribution is 2.26. The summed E-state index contributed by atoms with van der Waals surface area (Å²) in [4.78, 5) is 3.89. The van der Waals surface area contributed by atoms with E-state index in [4.69, 9.17) is 0 Å². The van der Waals surface area contributed by atoms with Crippen molar-refractivity contribution in [2.75, 3.05) is 7.05 Å². The van der Waals surface area contributed by atoms with Crippen LogP contribution in [0.25, 0.3) is 0 Å². The van der Waals surface area contributed by atoms with Crippen LogP contribution in [0, 0.1) is 6.92 Å². The lowest BCUT2D eigenvalue weighted by molar-refractivity contribution is 0.0659. The topological polar surface area (TPSA) is 50.3 Å². The minimum absolute atomic E-state index is 0.0112. The Morgan fingerprint density at radius 3 is 2.43 bits per heavy atom. The second-order valence-corrected chi connectivity index (χ2v) is 8.60. The summed E-state index contributed by atoms with van der Waals surface area (Å²) in [5.41, 5.74) is 0.901. The van der Waals surface area contributed by atoms with Crippen molar-refractivity contribution in [1.29, 1.82) is 0 Å². The van der Waals surface area contributed by atoms with Gasteiger partial charge in [0.2, 0.25) is 0 Å². The molecule has 0 fully saturated rings. The van der Waals surface area contributed by atoms with Gasteiger partial charge in [0, 0.05) is 7.05 Å². The Balaban J connectivity index is 2.16. The molecule has 126 valence electrons. The summed E-state index contributed by atoms with van der Waals surface area (Å²) in [6, 6.07) is 7.80. The summed E-state index contributed by atoms with van der Waals surface area (Å²) in [5, 5.41) is 0.579. The van der Waals surface area contributed by atoms with Crippen LogP contribution in [-0.2, 0) is 16.4 Å². The SMILES string of the molecule is Cc1ncc(S(=O)(=O)N(C)C(CCc2ccccc2)C(F)F)s1. The molecule has 1 aromatic carbocycles. The van der Waals surface area contributed by atoms with Crippen LogP contribution in [0.1, 0.15) is 17.0 Å². The third-order valence-corrected chi connectivity index (χ3v) is 6.80. The minimum atomic E-state index is -3.96. The largest absolute Gasteiger partial charge is 0.255 e. The molecule has 8 heteroatoms. The number of hydrogen-bond donors (Lipinski definition) is 0. The predicted molar refractivity (Wildman–Crippen MR) is 86.4 cm³/mol. The number of rotatable bonds is 7. The van der Waals surface area contributed by atoms with Crippen molar-refractivity contribution in [2.45, 2.75) is 36.4 Å². The van der Waals surface area contributed by atoms with E-state index in [0.717, 1.165) is 21.2 Å². The molecule has 0 bridgehead atoms. The fraction of sp³-hybridized carbons (Fsp3) is 0.400. The zero-order valence-corrected chi connectivity index (χ0v) is 14.4. The number of sulfonamides is 1. The maximum absolute atomic E-state index is 13.4. The Hall–Kier alpha value is -1.38. The molecular formula is C15H18F2N2O2S2. The average molecular weight is 360 g/mol. The van der Waals surface area contributed by atoms with Crippen molar-refractivity contribution in [3.05, 3.63) is 47.1 Å². The molecule has 0 N–H and O–H groups in total. The van der Waals surface area contributed by atoms with Gasteiger partial charge in [-0.3, -0.25) is 0 Å². The molecule has 0 saturated heterocycles. The fourth-order valence-corrected chi connectivity index (χ4v) is 4.87. The number of nitrogens with zero attached hydrogens (tertiary/aromatic N) is 2. The molecule has 2 rings (SSSR count). The molecule has 0 amide bonds. The number of hydrogen-bond acceptors (Lipinski definition) is 4. The minimum Gasteiger partial charge on any atom is -0.249 e. The molecular weight excluding hydrogens is 342 g/mol. The van der Waals surface area contributed by atoms with Gasteiger partial charge in [0.05, 0.1) is 17.2 Å². The molecule has 1 aromatic heterocycles. The van der Waals surface area contributed by atoms with E-state index in [1.165, 1.54) is 13.2 Å². The third kappa shape index (κ3) is 4.33. The Morgan fingerprint density at radius 1 is 1.26 bits per heavy atom. The summed E-state index contributed by atoms with van der Waals surface area (Å²) < 4.78 is 52.5. The maximum Gasteiger partial charge on any atom is 0.255 e. The van der Waals surface area contributed by atoms with Gasteiger partial charge in [-0.15, -0.1) is 11.3 Å². The van der Waals surface area contributed by atoms with Crippen LogP contribution in [0.2, 0.25) is 0 Å². The highest BCUT2D eigenvalue weighted by Gasteiger charge is 2.34. The zero-order valence-electron chi connectivity index (χ0n) is 12.8. The van der Waals surface area contributed by atoms with Crippen molar-refractivity contribution in [3.63, 3.8) is 0 Å². The van der Waals surface area contributed by atoms with Crippen LogP contribution < -0.4 is 0 Å². The van der Waals surface area contributed by atoms with Gasteiger partial charge in [0.25, 0.3) is 16.4 Å². The van der Waals surface area contributed by atoms with Crippen molar-refractivity contribution in [2.24, 2.45) is 0 Å². The van der Waals surface area contributed by atoms with Crippen LogP contribution in [0.4, 0.5) is 8.78 Å². The Bertz CT molecular complexity index is 733. The Labute approximate surface area is 138 Å². The second kappa shape index (κ2) is 7.46. The number of aromatic nitrogens is 1. The van der Waals surface area contributed by atoms with E-state index in [1.807, 2.05) is 30.3 Å². The van der Waals surface area contributed by atoms with Crippen molar-refractivity contribution in [3.8, 4) is 0 Å². The summed E-state index contributed by atoms with van der Waals surface area (Å²) in [7, 11) is -2.76. The second-order valence-electron chi connectivity index (χ2n) is 5.15. The molecule has 0 saturated carbocycles. The van der Waals surface area contributed by atoms with E-state index in [1.54, 1.807) is 6.92 Å². The van der Waals surface area contributed by atoms with E-state index >= 15 is 0 Å². The van der Waals surface area contributed by atoms with Crippen LogP contribution in [-0.4, -0.2) is 37.2 Å². The van der Waals surface area contributed by atoms with E-state index in [-0.39, 0.29) is 10.6 Å². The first-order chi connectivity index (χ1) is 10.8. The first-order valence-electron chi connectivity index (χ1n) is 7.05. The summed E-state index contributed by atoms with van der Waals surface area (Å²) in [6.07, 6.45) is -1.11. The van der Waals surface area contributed by atoms with Gasteiger partial charge in [-0.2, -0.15) is 4.31 Å². The standard InChI is InChI=1S/C15H18F2N2O2S2/c1-11-18-10-14(22-11)23(20,21)19(2)13(15(16)17)9-8-12-6-4-3-5-7-12/h3-7,10,13,15H,8-9H2,1-2H3. The van der Waals surface area contributed by atoms with Gasteiger partial charge in [0.15, 0.2) is 4.21 Å². The molecule has 4 nitrogen and oxygen atoms in total. The Kier molecular flexibility index (Phi) is 5.83. The van der Waals surface area contributed by atoms with Crippen LogP contribution >= 0.6 is 11.3 Å². The molecule has 1 heterocycles. The van der Waals surface area contributed by atoms with E-state index in [2.05, 4.69) is 4.98 Å². The molecule has 0 aliphatic carbocycles. The summed E-state index contributed by atoms with van der Waals surface area (Å²) in [5.74, 6) is 0. The molecule has 0 aliphatic rings. The highest BCUT2D eigenvalue weighted by atomic mass is 32.2. The molecule has 0 radical (unpaired) electrons. The first kappa shape index (κ1) is 18.0. The van der Waals surface area contributed by atoms with Gasteiger partial charge in [0.1, 0.15) is 0 Å². The number of alkyl halides is 2. The summed E-state index contributed by atoms with van der Waals surface area (Å²) >= 11 is 0.981. The van der Waals surface area contributed by atoms with Crippen LogP contribution in [0.15, 0.2) is 40.7 Å². The third-order valence-electron chi connectivity index (χ3n) is 3.56. The molecule has 2 aromatic rings. The number of aryl methyl sites for hydroxylation is 2. The molecule has 1 unspecified atom stereocenters. The number of thiazole rings is 1. The number of halogens is 2. The van der Waals surface area contributed by atoms with E-state index in [0.29, 0.717) is 11.4 Å². The quantitative estimate of drug-likeness (QED) is 0.761. The smallest absolute Gasteiger partial charge is 0.249 e. The monoisotopic (exact) mass is 360 g/mol. The van der Waals surface area contributed by atoms with Crippen molar-refractivity contribution >= 4 is 21.4 Å².